The average Bonchev–Trinajstić information content (AvgIpc) is 2.45. The lowest BCUT2D eigenvalue weighted by molar-refractivity contribution is 0.319. The number of hydrogen-bond acceptors (Lipinski definition) is 2. The normalized spacial score (nSPS) is 25.0. The number of hydrogen-bond donors (Lipinski definition) is 1. The minimum absolute atomic E-state index is 0.940. The van der Waals surface area contributed by atoms with Gasteiger partial charge in [-0.3, -0.25) is 0 Å². The first-order chi connectivity index (χ1) is 5.83. The molecule has 1 heterocycles. The van der Waals surface area contributed by atoms with Gasteiger partial charge < -0.3 is 4.90 Å². The van der Waals surface area contributed by atoms with E-state index in [1.807, 2.05) is 0 Å². The van der Waals surface area contributed by atoms with Gasteiger partial charge in [-0.1, -0.05) is 13.3 Å². The fourth-order valence-corrected chi connectivity index (χ4v) is 2.08. The van der Waals surface area contributed by atoms with Crippen molar-refractivity contribution in [2.75, 3.05) is 25.4 Å². The summed E-state index contributed by atoms with van der Waals surface area (Å²) in [7, 11) is 0. The Bertz CT molecular complexity index is 116. The topological polar surface area (TPSA) is 3.24 Å². The largest absolute Gasteiger partial charge is 0.303 e. The van der Waals surface area contributed by atoms with Crippen LogP contribution >= 0.6 is 12.6 Å². The molecule has 0 aromatic heterocycles. The van der Waals surface area contributed by atoms with Crippen LogP contribution in [-0.4, -0.2) is 30.3 Å². The molecule has 1 nitrogen and oxygen atoms in total. The van der Waals surface area contributed by atoms with Crippen LogP contribution in [0.4, 0.5) is 0 Å². The lowest BCUT2D eigenvalue weighted by atomic mass is 10.2. The van der Waals surface area contributed by atoms with Crippen LogP contribution in [-0.2, 0) is 0 Å². The van der Waals surface area contributed by atoms with Crippen LogP contribution in [0, 0.1) is 5.92 Å². The molecule has 0 bridgehead atoms. The van der Waals surface area contributed by atoms with Crippen molar-refractivity contribution in [2.24, 2.45) is 5.92 Å². The number of likely N-dealkylation sites (tertiary alicyclic amines) is 1. The minimum atomic E-state index is 0.940. The molecule has 0 radical (unpaired) electrons. The lowest BCUT2D eigenvalue weighted by Gasteiger charge is -2.14. The third-order valence-electron chi connectivity index (χ3n) is 2.64. The van der Waals surface area contributed by atoms with Gasteiger partial charge in [-0.05, 0) is 44.0 Å². The van der Waals surface area contributed by atoms with E-state index in [9.17, 15) is 0 Å². The van der Waals surface area contributed by atoms with Gasteiger partial charge in [0.25, 0.3) is 0 Å². The maximum atomic E-state index is 4.20. The second-order valence-corrected chi connectivity index (χ2v) is 4.43. The van der Waals surface area contributed by atoms with Crippen LogP contribution in [0.1, 0.15) is 32.6 Å². The molecule has 12 heavy (non-hydrogen) atoms. The fraction of sp³-hybridized carbons (Fsp3) is 1.00. The Morgan fingerprint density at radius 1 is 1.33 bits per heavy atom. The van der Waals surface area contributed by atoms with Crippen molar-refractivity contribution in [3.05, 3.63) is 0 Å². The molecule has 1 unspecified atom stereocenters. The smallest absolute Gasteiger partial charge is 0.000750 e. The van der Waals surface area contributed by atoms with Crippen LogP contribution in [0.15, 0.2) is 0 Å². The number of thiol groups is 1. The van der Waals surface area contributed by atoms with E-state index in [1.54, 1.807) is 0 Å². The van der Waals surface area contributed by atoms with E-state index in [0.29, 0.717) is 0 Å². The van der Waals surface area contributed by atoms with Crippen molar-refractivity contribution in [1.82, 2.24) is 4.90 Å². The summed E-state index contributed by atoms with van der Waals surface area (Å²) in [6, 6.07) is 0. The van der Waals surface area contributed by atoms with E-state index >= 15 is 0 Å². The van der Waals surface area contributed by atoms with Gasteiger partial charge in [-0.25, -0.2) is 0 Å². The first kappa shape index (κ1) is 10.4. The van der Waals surface area contributed by atoms with Gasteiger partial charge in [-0.15, -0.1) is 0 Å². The summed E-state index contributed by atoms with van der Waals surface area (Å²) in [6.07, 6.45) is 5.42. The highest BCUT2D eigenvalue weighted by Gasteiger charge is 2.17. The molecule has 2 heteroatoms. The van der Waals surface area contributed by atoms with Crippen molar-refractivity contribution in [1.29, 1.82) is 0 Å². The van der Waals surface area contributed by atoms with E-state index in [0.717, 1.165) is 11.7 Å². The zero-order chi connectivity index (χ0) is 8.81. The minimum Gasteiger partial charge on any atom is -0.303 e. The Labute approximate surface area is 81.9 Å². The summed E-state index contributed by atoms with van der Waals surface area (Å²) in [5.74, 6) is 1.99. The predicted molar refractivity (Wildman–Crippen MR) is 57.9 cm³/mol. The monoisotopic (exact) mass is 187 g/mol. The molecular weight excluding hydrogens is 166 g/mol. The highest BCUT2D eigenvalue weighted by atomic mass is 32.1. The molecule has 72 valence electrons. The van der Waals surface area contributed by atoms with Crippen molar-refractivity contribution in [3.63, 3.8) is 0 Å². The van der Waals surface area contributed by atoms with Crippen molar-refractivity contribution in [2.45, 2.75) is 32.6 Å². The van der Waals surface area contributed by atoms with Gasteiger partial charge in [0.1, 0.15) is 0 Å². The van der Waals surface area contributed by atoms with E-state index in [-0.39, 0.29) is 0 Å². The number of unbranched alkanes of at least 4 members (excludes halogenated alkanes) is 2. The molecule has 1 saturated heterocycles. The molecule has 1 fully saturated rings. The molecule has 0 aromatic carbocycles. The van der Waals surface area contributed by atoms with Gasteiger partial charge in [0, 0.05) is 6.54 Å². The summed E-state index contributed by atoms with van der Waals surface area (Å²) in [4.78, 5) is 2.60. The van der Waals surface area contributed by atoms with Gasteiger partial charge in [-0.2, -0.15) is 12.6 Å². The SMILES string of the molecule is CC1CCN(CCCCCS)C1. The first-order valence-electron chi connectivity index (χ1n) is 5.16. The molecule has 1 aliphatic rings. The van der Waals surface area contributed by atoms with Crippen LogP contribution in [0.3, 0.4) is 0 Å². The van der Waals surface area contributed by atoms with Gasteiger partial charge in [0.2, 0.25) is 0 Å². The van der Waals surface area contributed by atoms with Gasteiger partial charge >= 0.3 is 0 Å². The van der Waals surface area contributed by atoms with Crippen molar-refractivity contribution in [3.8, 4) is 0 Å². The number of nitrogens with zero attached hydrogens (tertiary/aromatic N) is 1. The third-order valence-corrected chi connectivity index (χ3v) is 2.96. The molecule has 1 atom stereocenters. The van der Waals surface area contributed by atoms with E-state index in [4.69, 9.17) is 0 Å². The molecule has 1 rings (SSSR count). The second-order valence-electron chi connectivity index (χ2n) is 3.98. The third kappa shape index (κ3) is 3.81. The predicted octanol–water partition coefficient (Wildman–Crippen LogP) is 2.43. The van der Waals surface area contributed by atoms with E-state index in [2.05, 4.69) is 24.5 Å². The molecule has 0 saturated carbocycles. The summed E-state index contributed by atoms with van der Waals surface area (Å²) in [5, 5.41) is 0. The lowest BCUT2D eigenvalue weighted by Crippen LogP contribution is -2.21. The quantitative estimate of drug-likeness (QED) is 0.511. The highest BCUT2D eigenvalue weighted by Crippen LogP contribution is 2.15. The van der Waals surface area contributed by atoms with Crippen molar-refractivity contribution < 1.29 is 0 Å². The van der Waals surface area contributed by atoms with Crippen molar-refractivity contribution >= 4 is 12.6 Å². The molecule has 0 spiro atoms. The van der Waals surface area contributed by atoms with E-state index < -0.39 is 0 Å². The molecule has 0 aromatic rings. The summed E-state index contributed by atoms with van der Waals surface area (Å²) < 4.78 is 0. The molecular formula is C10H21NS. The van der Waals surface area contributed by atoms with Crippen LogP contribution in [0.2, 0.25) is 0 Å². The maximum Gasteiger partial charge on any atom is 0.000750 e. The molecule has 1 aliphatic heterocycles. The fourth-order valence-electron chi connectivity index (χ4n) is 1.85. The highest BCUT2D eigenvalue weighted by molar-refractivity contribution is 7.80. The molecule has 0 N–H and O–H groups in total. The van der Waals surface area contributed by atoms with Crippen LogP contribution in [0.25, 0.3) is 0 Å². The Hall–Kier alpha value is 0.310. The van der Waals surface area contributed by atoms with Crippen LogP contribution < -0.4 is 0 Å². The van der Waals surface area contributed by atoms with E-state index in [1.165, 1.54) is 45.3 Å². The Kier molecular flexibility index (Phi) is 5.08. The Balaban J connectivity index is 1.93. The number of rotatable bonds is 5. The average molecular weight is 187 g/mol. The second kappa shape index (κ2) is 5.87. The Morgan fingerprint density at radius 3 is 2.75 bits per heavy atom. The standard InChI is InChI=1S/C10H21NS/c1-10-5-7-11(9-10)6-3-2-4-8-12/h10,12H,2-9H2,1H3. The summed E-state index contributed by atoms with van der Waals surface area (Å²) >= 11 is 4.20. The van der Waals surface area contributed by atoms with Gasteiger partial charge in [0.05, 0.1) is 0 Å². The Morgan fingerprint density at radius 2 is 2.17 bits per heavy atom. The maximum absolute atomic E-state index is 4.20. The van der Waals surface area contributed by atoms with Crippen LogP contribution in [0.5, 0.6) is 0 Å². The zero-order valence-corrected chi connectivity index (χ0v) is 9.02. The zero-order valence-electron chi connectivity index (χ0n) is 8.13. The summed E-state index contributed by atoms with van der Waals surface area (Å²) in [5.41, 5.74) is 0. The molecule has 0 amide bonds. The molecule has 0 aliphatic carbocycles. The van der Waals surface area contributed by atoms with Gasteiger partial charge in [0.15, 0.2) is 0 Å². The first-order valence-corrected chi connectivity index (χ1v) is 5.79. The summed E-state index contributed by atoms with van der Waals surface area (Å²) in [6.45, 7) is 6.34.